The van der Waals surface area contributed by atoms with Gasteiger partial charge in [0.15, 0.2) is 0 Å². The van der Waals surface area contributed by atoms with Crippen molar-refractivity contribution in [3.05, 3.63) is 134 Å². The second-order valence-electron chi connectivity index (χ2n) is 15.7. The maximum atomic E-state index is 5.76. The van der Waals surface area contributed by atoms with E-state index in [1.165, 1.54) is 47.8 Å². The molecule has 0 bridgehead atoms. The summed E-state index contributed by atoms with van der Waals surface area (Å²) >= 11 is -4.59. The molecule has 1 atom stereocenters. The van der Waals surface area contributed by atoms with Crippen molar-refractivity contribution >= 4 is 41.1 Å². The van der Waals surface area contributed by atoms with Gasteiger partial charge in [0.1, 0.15) is 0 Å². The van der Waals surface area contributed by atoms with E-state index in [9.17, 15) is 0 Å². The summed E-state index contributed by atoms with van der Waals surface area (Å²) in [6.45, 7) is 21.5. The zero-order chi connectivity index (χ0) is 31.7. The first-order valence-electron chi connectivity index (χ1n) is 16.6. The molecule has 4 aromatic rings. The van der Waals surface area contributed by atoms with Gasteiger partial charge in [0.05, 0.1) is 0 Å². The van der Waals surface area contributed by atoms with Crippen LogP contribution in [-0.4, -0.2) is 4.21 Å². The number of benzene rings is 4. The third-order valence-electron chi connectivity index (χ3n) is 11.0. The van der Waals surface area contributed by atoms with Crippen LogP contribution in [0.2, 0.25) is 4.13 Å². The molecule has 4 aromatic carbocycles. The number of fused-ring (bicyclic) bond motifs is 3. The van der Waals surface area contributed by atoms with Gasteiger partial charge in [-0.05, 0) is 0 Å². The summed E-state index contributed by atoms with van der Waals surface area (Å²) in [6.07, 6.45) is 3.53. The van der Waals surface area contributed by atoms with Gasteiger partial charge < -0.3 is 0 Å². The van der Waals surface area contributed by atoms with E-state index in [4.69, 9.17) is 4.21 Å². The van der Waals surface area contributed by atoms with Crippen molar-refractivity contribution in [2.45, 2.75) is 83.7 Å². The molecule has 0 spiro atoms. The van der Waals surface area contributed by atoms with Gasteiger partial charge in [0.2, 0.25) is 0 Å². The summed E-state index contributed by atoms with van der Waals surface area (Å²) in [5.41, 5.74) is 13.0. The molecule has 242 valence electrons. The van der Waals surface area contributed by atoms with Crippen LogP contribution in [0.1, 0.15) is 90.1 Å². The Kier molecular flexibility index (Phi) is 10.0. The Bertz CT molecular complexity index is 1900. The summed E-state index contributed by atoms with van der Waals surface area (Å²) < 4.78 is 11.6. The normalized spacial score (nSPS) is 16.3. The Morgan fingerprint density at radius 3 is 1.91 bits per heavy atom. The minimum absolute atomic E-state index is 0. The first-order chi connectivity index (χ1) is 20.7. The zero-order valence-corrected chi connectivity index (χ0v) is 33.3. The van der Waals surface area contributed by atoms with E-state index in [-0.39, 0.29) is 35.6 Å². The van der Waals surface area contributed by atoms with Gasteiger partial charge in [-0.25, -0.2) is 0 Å². The number of rotatable bonds is 5. The van der Waals surface area contributed by atoms with Crippen molar-refractivity contribution in [1.29, 1.82) is 0 Å². The van der Waals surface area contributed by atoms with E-state index >= 15 is 0 Å². The third-order valence-corrected chi connectivity index (χ3v) is 28.7. The molecule has 3 heteroatoms. The van der Waals surface area contributed by atoms with Crippen LogP contribution in [0, 0.1) is 5.92 Å². The van der Waals surface area contributed by atoms with Gasteiger partial charge in [-0.1, -0.05) is 0 Å². The molecule has 0 heterocycles. The van der Waals surface area contributed by atoms with E-state index < -0.39 is 18.3 Å². The second-order valence-corrected chi connectivity index (χ2v) is 29.7. The zero-order valence-electron chi connectivity index (χ0n) is 29.3. The Labute approximate surface area is 291 Å². The summed E-state index contributed by atoms with van der Waals surface area (Å²) in [4.78, 5) is 0. The molecule has 0 nitrogen and oxygen atoms in total. The van der Waals surface area contributed by atoms with Gasteiger partial charge in [0, 0.05) is 0 Å². The van der Waals surface area contributed by atoms with E-state index in [1.807, 2.05) is 0 Å². The second kappa shape index (κ2) is 12.6. The van der Waals surface area contributed by atoms with Crippen LogP contribution in [0.15, 0.2) is 106 Å². The number of allylic oxidation sites excluding steroid dienone is 4. The Hall–Kier alpha value is -2.31. The van der Waals surface area contributed by atoms with Gasteiger partial charge >= 0.3 is 269 Å². The summed E-state index contributed by atoms with van der Waals surface area (Å²) in [6, 6.07) is 34.8. The molecule has 0 aliphatic heterocycles. The molecule has 0 radical (unpaired) electrons. The molecule has 0 fully saturated rings. The predicted octanol–water partition coefficient (Wildman–Crippen LogP) is 11.2. The predicted molar refractivity (Wildman–Crippen MR) is 206 cm³/mol. The Balaban J connectivity index is 0.00000240. The Morgan fingerprint density at radius 2 is 1.35 bits per heavy atom. The van der Waals surface area contributed by atoms with Crippen molar-refractivity contribution in [3.8, 4) is 11.1 Å². The molecule has 0 saturated carbocycles. The summed E-state index contributed by atoms with van der Waals surface area (Å²) in [5.74, 6) is 0.327. The van der Waals surface area contributed by atoms with Crippen molar-refractivity contribution in [2.75, 3.05) is 0 Å². The number of hydrogen-bond donors (Lipinski definition) is 0. The van der Waals surface area contributed by atoms with Crippen molar-refractivity contribution in [1.82, 2.24) is 0 Å². The van der Waals surface area contributed by atoms with Crippen LogP contribution in [0.25, 0.3) is 16.7 Å². The van der Waals surface area contributed by atoms with E-state index in [1.54, 1.807) is 12.1 Å². The molecule has 6 rings (SSSR count). The van der Waals surface area contributed by atoms with Crippen molar-refractivity contribution in [3.63, 3.8) is 0 Å². The topological polar surface area (TPSA) is 0 Å². The van der Waals surface area contributed by atoms with Crippen LogP contribution < -0.4 is 6.54 Å². The standard InChI is InChI=1S/C21H25.C13H13.C6H5.C2H5.CH2.2ClH.Zr/c1-20(2,3)16-7-9-18-14(12-16)11-15-13-17(21(4,5)6)8-10-19(15)18;1-10-8-11(2)13(9-10)12-6-4-3-5-7-12;1-2-4-6-5-3-1;1-2;;;;/h7-10,12H,11H2,1-6H3;3-7,9-10H,1-2H3;1-5H;1H2,2H3;1H2;2*1H;. The molecule has 2 aliphatic rings. The van der Waals surface area contributed by atoms with Crippen LogP contribution in [0.5, 0.6) is 0 Å². The fourth-order valence-corrected chi connectivity index (χ4v) is 26.7. The summed E-state index contributed by atoms with van der Waals surface area (Å²) in [7, 11) is 0. The minimum atomic E-state index is -4.59. The molecule has 0 aromatic heterocycles. The monoisotopic (exact) mass is 728 g/mol. The van der Waals surface area contributed by atoms with E-state index in [2.05, 4.69) is 159 Å². The van der Waals surface area contributed by atoms with Crippen LogP contribution in [-0.2, 0) is 35.5 Å². The van der Waals surface area contributed by atoms with Gasteiger partial charge in [-0.3, -0.25) is 0 Å². The van der Waals surface area contributed by atoms with Crippen molar-refractivity contribution < 1.29 is 18.3 Å². The van der Waals surface area contributed by atoms with Gasteiger partial charge in [-0.2, -0.15) is 0 Å². The summed E-state index contributed by atoms with van der Waals surface area (Å²) in [5, 5.41) is 0. The van der Waals surface area contributed by atoms with Crippen molar-refractivity contribution in [2.24, 2.45) is 5.92 Å². The SMILES string of the molecule is Cl.Cl.[CH2]=[Zr]([CH2]C)([C]1=C(C)C(c2ccccc2)=CC1C)([c]1ccccc1)[c]1c(C(C)(C)C)ccc2c1Cc1cc(C(C)(C)C)ccc1-2. The van der Waals surface area contributed by atoms with E-state index in [0.29, 0.717) is 5.92 Å². The van der Waals surface area contributed by atoms with Crippen LogP contribution in [0.4, 0.5) is 0 Å². The average Bonchev–Trinajstić information content (AvgIpc) is 3.52. The molecule has 0 amide bonds. The quantitative estimate of drug-likeness (QED) is 0.169. The molecule has 2 aliphatic carbocycles. The third kappa shape index (κ3) is 5.53. The fourth-order valence-electron chi connectivity index (χ4n) is 8.78. The van der Waals surface area contributed by atoms with E-state index in [0.717, 1.165) is 10.5 Å². The molecule has 46 heavy (non-hydrogen) atoms. The Morgan fingerprint density at radius 1 is 0.761 bits per heavy atom. The number of hydrogen-bond acceptors (Lipinski definition) is 0. The molecule has 1 unspecified atom stereocenters. The molecule has 0 N–H and O–H groups in total. The first-order valence-corrected chi connectivity index (χ1v) is 23.7. The number of halogens is 2. The van der Waals surface area contributed by atoms with Crippen LogP contribution >= 0.6 is 24.8 Å². The fraction of sp³-hybridized carbons (Fsp3) is 0.326. The maximum absolute atomic E-state index is 5.76. The van der Waals surface area contributed by atoms with Crippen LogP contribution in [0.3, 0.4) is 0 Å². The molecular weight excluding hydrogens is 679 g/mol. The molecular formula is C43H52Cl2Zr. The first kappa shape index (κ1) is 36.5. The van der Waals surface area contributed by atoms with Gasteiger partial charge in [0.25, 0.3) is 0 Å². The average molecular weight is 731 g/mol. The molecule has 0 saturated heterocycles. The van der Waals surface area contributed by atoms with Gasteiger partial charge in [-0.15, -0.1) is 24.8 Å².